The van der Waals surface area contributed by atoms with Crippen molar-refractivity contribution in [2.24, 2.45) is 0 Å². The molecule has 0 aromatic carbocycles. The minimum atomic E-state index is -1.36. The minimum absolute atomic E-state index is 0.221. The van der Waals surface area contributed by atoms with Crippen molar-refractivity contribution in [1.82, 2.24) is 0 Å². The number of hydrogen-bond acceptors (Lipinski definition) is 4. The monoisotopic (exact) mass is 370 g/mol. The highest BCUT2D eigenvalue weighted by molar-refractivity contribution is 5.59. The van der Waals surface area contributed by atoms with Crippen LogP contribution in [-0.2, 0) is 9.47 Å². The second kappa shape index (κ2) is 16.5. The molecule has 0 rings (SSSR count). The summed E-state index contributed by atoms with van der Waals surface area (Å²) < 4.78 is 9.52. The molecule has 0 saturated carbocycles. The number of allylic oxidation sites excluding steroid dienone is 2. The van der Waals surface area contributed by atoms with Crippen LogP contribution in [0.3, 0.4) is 0 Å². The molecule has 6 nitrogen and oxygen atoms in total. The molecular formula is C20H34O6. The van der Waals surface area contributed by atoms with Gasteiger partial charge in [-0.2, -0.15) is 0 Å². The van der Waals surface area contributed by atoms with Gasteiger partial charge < -0.3 is 19.7 Å². The van der Waals surface area contributed by atoms with E-state index in [9.17, 15) is 9.59 Å². The fourth-order valence-electron chi connectivity index (χ4n) is 2.76. The maximum Gasteiger partial charge on any atom is 0.511 e. The Kier molecular flexibility index (Phi) is 15.2. The molecule has 26 heavy (non-hydrogen) atoms. The van der Waals surface area contributed by atoms with Gasteiger partial charge in [-0.1, -0.05) is 52.0 Å². The highest BCUT2D eigenvalue weighted by Crippen LogP contribution is 2.16. The van der Waals surface area contributed by atoms with Crippen molar-refractivity contribution in [1.29, 1.82) is 0 Å². The molecule has 150 valence electrons. The van der Waals surface area contributed by atoms with Crippen LogP contribution in [0.5, 0.6) is 0 Å². The zero-order valence-corrected chi connectivity index (χ0v) is 16.0. The molecule has 1 unspecified atom stereocenters. The van der Waals surface area contributed by atoms with E-state index in [-0.39, 0.29) is 11.9 Å². The molecule has 0 fully saturated rings. The molecule has 0 radical (unpaired) electrons. The van der Waals surface area contributed by atoms with Crippen molar-refractivity contribution in [3.8, 4) is 0 Å². The first kappa shape index (κ1) is 24.0. The van der Waals surface area contributed by atoms with Gasteiger partial charge in [0.05, 0.1) is 0 Å². The number of rotatable bonds is 16. The fraction of sp³-hybridized carbons (Fsp3) is 0.700. The van der Waals surface area contributed by atoms with Gasteiger partial charge in [-0.05, 0) is 50.7 Å². The summed E-state index contributed by atoms with van der Waals surface area (Å²) in [5.74, 6) is 0.221. The number of hydrogen-bond donors (Lipinski definition) is 2. The lowest BCUT2D eigenvalue weighted by atomic mass is 10.0. The number of unbranched alkanes of at least 4 members (excludes halogenated alkanes) is 8. The summed E-state index contributed by atoms with van der Waals surface area (Å²) in [6.45, 7) is 5.69. The van der Waals surface area contributed by atoms with Gasteiger partial charge in [0.25, 0.3) is 0 Å². The maximum atomic E-state index is 10.8. The normalized spacial score (nSPS) is 12.4. The first-order valence-electron chi connectivity index (χ1n) is 9.62. The van der Waals surface area contributed by atoms with E-state index in [2.05, 4.69) is 18.2 Å². The molecule has 6 heteroatoms. The van der Waals surface area contributed by atoms with Crippen molar-refractivity contribution in [3.05, 3.63) is 24.5 Å². The maximum absolute atomic E-state index is 10.8. The van der Waals surface area contributed by atoms with Crippen LogP contribution in [0.15, 0.2) is 24.5 Å². The Bertz CT molecular complexity index is 430. The summed E-state index contributed by atoms with van der Waals surface area (Å²) >= 11 is 0. The van der Waals surface area contributed by atoms with Crippen LogP contribution >= 0.6 is 0 Å². The van der Waals surface area contributed by atoms with E-state index in [0.29, 0.717) is 12.8 Å². The Hall–Kier alpha value is -1.98. The predicted octanol–water partition coefficient (Wildman–Crippen LogP) is 6.52. The van der Waals surface area contributed by atoms with Crippen LogP contribution in [0, 0.1) is 0 Å². The third kappa shape index (κ3) is 15.5. The van der Waals surface area contributed by atoms with E-state index in [1.54, 1.807) is 6.08 Å². The molecule has 0 saturated heterocycles. The lowest BCUT2D eigenvalue weighted by Crippen LogP contribution is -2.16. The molecule has 0 spiro atoms. The third-order valence-corrected chi connectivity index (χ3v) is 4.13. The Morgan fingerprint density at radius 2 is 1.50 bits per heavy atom. The molecule has 0 aliphatic carbocycles. The first-order valence-corrected chi connectivity index (χ1v) is 9.62. The Balaban J connectivity index is 3.99. The lowest BCUT2D eigenvalue weighted by Gasteiger charge is -2.15. The third-order valence-electron chi connectivity index (χ3n) is 4.13. The van der Waals surface area contributed by atoms with Crippen molar-refractivity contribution in [2.45, 2.75) is 90.1 Å². The van der Waals surface area contributed by atoms with E-state index < -0.39 is 12.3 Å². The highest BCUT2D eigenvalue weighted by Gasteiger charge is 2.13. The average molecular weight is 370 g/mol. The van der Waals surface area contributed by atoms with E-state index in [1.807, 2.05) is 0 Å². The van der Waals surface area contributed by atoms with Gasteiger partial charge in [-0.3, -0.25) is 0 Å². The zero-order chi connectivity index (χ0) is 19.6. The second-order valence-electron chi connectivity index (χ2n) is 6.38. The molecule has 1 atom stereocenters. The smallest absolute Gasteiger partial charge is 0.450 e. The van der Waals surface area contributed by atoms with Crippen molar-refractivity contribution >= 4 is 12.3 Å². The van der Waals surface area contributed by atoms with Crippen LogP contribution in [0.4, 0.5) is 9.59 Å². The SMILES string of the molecule is C=CC(=CCCCCC(CCCCCCCCC)OC(=O)O)OC(=O)O. The van der Waals surface area contributed by atoms with Gasteiger partial charge in [-0.25, -0.2) is 9.59 Å². The Morgan fingerprint density at radius 3 is 2.04 bits per heavy atom. The summed E-state index contributed by atoms with van der Waals surface area (Å²) in [6.07, 6.45) is 12.2. The largest absolute Gasteiger partial charge is 0.511 e. The number of carbonyl (C=O) groups is 2. The van der Waals surface area contributed by atoms with Gasteiger partial charge in [0.2, 0.25) is 0 Å². The molecule has 0 aliphatic heterocycles. The van der Waals surface area contributed by atoms with Gasteiger partial charge in [0.15, 0.2) is 0 Å². The van der Waals surface area contributed by atoms with Crippen LogP contribution in [0.25, 0.3) is 0 Å². The van der Waals surface area contributed by atoms with Crippen molar-refractivity contribution < 1.29 is 29.3 Å². The number of ether oxygens (including phenoxy) is 2. The fourth-order valence-corrected chi connectivity index (χ4v) is 2.76. The molecule has 2 N–H and O–H groups in total. The molecule has 0 bridgehead atoms. The summed E-state index contributed by atoms with van der Waals surface area (Å²) in [6, 6.07) is 0. The topological polar surface area (TPSA) is 93.1 Å². The van der Waals surface area contributed by atoms with Gasteiger partial charge in [0.1, 0.15) is 11.9 Å². The van der Waals surface area contributed by atoms with Crippen LogP contribution in [0.1, 0.15) is 84.0 Å². The number of carboxylic acid groups (broad SMARTS) is 2. The summed E-state index contributed by atoms with van der Waals surface area (Å²) in [4.78, 5) is 21.3. The van der Waals surface area contributed by atoms with Crippen LogP contribution < -0.4 is 0 Å². The zero-order valence-electron chi connectivity index (χ0n) is 16.0. The van der Waals surface area contributed by atoms with E-state index >= 15 is 0 Å². The molecule has 0 aromatic heterocycles. The molecule has 0 heterocycles. The van der Waals surface area contributed by atoms with Gasteiger partial charge in [0, 0.05) is 0 Å². The van der Waals surface area contributed by atoms with Crippen molar-refractivity contribution in [2.75, 3.05) is 0 Å². The quantitative estimate of drug-likeness (QED) is 0.139. The summed E-state index contributed by atoms with van der Waals surface area (Å²) in [5.41, 5.74) is 0. The first-order chi connectivity index (χ1) is 12.5. The Morgan fingerprint density at radius 1 is 0.923 bits per heavy atom. The van der Waals surface area contributed by atoms with E-state index in [1.165, 1.54) is 38.2 Å². The predicted molar refractivity (Wildman–Crippen MR) is 101 cm³/mol. The molecule has 0 aromatic rings. The second-order valence-corrected chi connectivity index (χ2v) is 6.38. The summed E-state index contributed by atoms with van der Waals surface area (Å²) in [7, 11) is 0. The van der Waals surface area contributed by atoms with E-state index in [0.717, 1.165) is 32.1 Å². The average Bonchev–Trinajstić information content (AvgIpc) is 2.58. The van der Waals surface area contributed by atoms with Crippen LogP contribution in [-0.4, -0.2) is 28.6 Å². The summed E-state index contributed by atoms with van der Waals surface area (Å²) in [5, 5.41) is 17.4. The minimum Gasteiger partial charge on any atom is -0.450 e. The van der Waals surface area contributed by atoms with E-state index in [4.69, 9.17) is 14.9 Å². The Labute approximate surface area is 156 Å². The van der Waals surface area contributed by atoms with Gasteiger partial charge >= 0.3 is 12.3 Å². The highest BCUT2D eigenvalue weighted by atomic mass is 16.7. The van der Waals surface area contributed by atoms with Crippen LogP contribution in [0.2, 0.25) is 0 Å². The molecule has 0 amide bonds. The standard InChI is InChI=1S/C20H34O6/c1-3-5-6-7-8-9-11-15-18(26-20(23)24)16-13-10-12-14-17(4-2)25-19(21)22/h4,14,18H,2-3,5-13,15-16H2,1H3,(H,21,22)(H,23,24). The lowest BCUT2D eigenvalue weighted by molar-refractivity contribution is 0.0423. The molecular weight excluding hydrogens is 336 g/mol. The molecule has 0 aliphatic rings. The van der Waals surface area contributed by atoms with Crippen molar-refractivity contribution in [3.63, 3.8) is 0 Å². The van der Waals surface area contributed by atoms with Gasteiger partial charge in [-0.15, -0.1) is 0 Å².